The molecule has 0 bridgehead atoms. The molecule has 1 aliphatic rings. The van der Waals surface area contributed by atoms with E-state index >= 15 is 0 Å². The maximum absolute atomic E-state index is 12.7. The number of nitrogens with zero attached hydrogens (tertiary/aromatic N) is 1. The van der Waals surface area contributed by atoms with Crippen molar-refractivity contribution in [2.75, 3.05) is 20.1 Å². The molecule has 0 spiro atoms. The minimum Gasteiger partial charge on any atom is -0.341 e. The lowest BCUT2D eigenvalue weighted by Gasteiger charge is -2.16. The van der Waals surface area contributed by atoms with Gasteiger partial charge < -0.3 is 10.2 Å². The summed E-state index contributed by atoms with van der Waals surface area (Å²) in [5.74, 6) is -0.0455. The fraction of sp³-hybridized carbons (Fsp3) is 0.462. The lowest BCUT2D eigenvalue weighted by Crippen LogP contribution is -2.37. The summed E-state index contributed by atoms with van der Waals surface area (Å²) in [5.41, 5.74) is 1.06. The molecule has 1 amide bonds. The summed E-state index contributed by atoms with van der Waals surface area (Å²) < 4.78 is 12.7. The highest BCUT2D eigenvalue weighted by Crippen LogP contribution is 2.12. The number of likely N-dealkylation sites (N-methyl/N-ethyl adjacent to an activating group) is 1. The van der Waals surface area contributed by atoms with Gasteiger partial charge in [0.1, 0.15) is 5.82 Å². The smallest absolute Gasteiger partial charge is 0.239 e. The van der Waals surface area contributed by atoms with Crippen LogP contribution in [0.5, 0.6) is 0 Å². The fourth-order valence-corrected chi connectivity index (χ4v) is 2.14. The van der Waals surface area contributed by atoms with E-state index in [9.17, 15) is 9.18 Å². The highest BCUT2D eigenvalue weighted by atomic mass is 19.1. The second-order valence-electron chi connectivity index (χ2n) is 4.33. The first-order chi connectivity index (χ1) is 8.20. The number of nitrogens with one attached hydrogen (secondary N) is 1. The lowest BCUT2D eigenvalue weighted by molar-refractivity contribution is -0.129. The molecule has 0 aromatic heterocycles. The molecule has 2 rings (SSSR count). The molecule has 1 atom stereocenters. The van der Waals surface area contributed by atoms with Gasteiger partial charge in [-0.3, -0.25) is 4.79 Å². The van der Waals surface area contributed by atoms with E-state index in [-0.39, 0.29) is 17.8 Å². The Hall–Kier alpha value is -1.42. The van der Waals surface area contributed by atoms with Gasteiger partial charge in [-0.05, 0) is 37.6 Å². The molecule has 0 saturated carbocycles. The molecular weight excluding hydrogens is 219 g/mol. The molecule has 4 heteroatoms. The Morgan fingerprint density at radius 1 is 1.41 bits per heavy atom. The summed E-state index contributed by atoms with van der Waals surface area (Å²) >= 11 is 0. The molecule has 3 nitrogen and oxygen atoms in total. The van der Waals surface area contributed by atoms with E-state index < -0.39 is 0 Å². The Bertz CT molecular complexity index is 391. The van der Waals surface area contributed by atoms with E-state index in [0.717, 1.165) is 24.9 Å². The number of likely N-dealkylation sites (tertiary alicyclic amines) is 1. The van der Waals surface area contributed by atoms with Crippen LogP contribution in [0.15, 0.2) is 24.3 Å². The van der Waals surface area contributed by atoms with Crippen LogP contribution in [-0.4, -0.2) is 37.0 Å². The van der Waals surface area contributed by atoms with Crippen LogP contribution < -0.4 is 5.32 Å². The summed E-state index contributed by atoms with van der Waals surface area (Å²) in [7, 11) is 1.81. The van der Waals surface area contributed by atoms with Gasteiger partial charge >= 0.3 is 0 Å². The third-order valence-electron chi connectivity index (χ3n) is 3.23. The summed E-state index contributed by atoms with van der Waals surface area (Å²) in [5, 5.41) is 3.01. The van der Waals surface area contributed by atoms with Crippen LogP contribution in [0.1, 0.15) is 12.0 Å². The second kappa shape index (κ2) is 5.27. The molecule has 1 aromatic rings. The van der Waals surface area contributed by atoms with Gasteiger partial charge in [0.25, 0.3) is 0 Å². The van der Waals surface area contributed by atoms with Crippen molar-refractivity contribution < 1.29 is 9.18 Å². The fourth-order valence-electron chi connectivity index (χ4n) is 2.14. The van der Waals surface area contributed by atoms with E-state index in [1.54, 1.807) is 12.1 Å². The van der Waals surface area contributed by atoms with Crippen molar-refractivity contribution in [3.63, 3.8) is 0 Å². The average Bonchev–Trinajstić information content (AvgIpc) is 2.69. The summed E-state index contributed by atoms with van der Waals surface area (Å²) in [6.45, 7) is 1.52. The maximum atomic E-state index is 12.7. The number of halogens is 1. The van der Waals surface area contributed by atoms with Crippen molar-refractivity contribution in [2.24, 2.45) is 0 Å². The van der Waals surface area contributed by atoms with Gasteiger partial charge in [0, 0.05) is 13.1 Å². The Morgan fingerprint density at radius 3 is 2.71 bits per heavy atom. The quantitative estimate of drug-likeness (QED) is 0.851. The molecule has 0 aliphatic carbocycles. The minimum absolute atomic E-state index is 0.0248. The molecule has 1 unspecified atom stereocenters. The molecule has 92 valence electrons. The van der Waals surface area contributed by atoms with Gasteiger partial charge in [0.05, 0.1) is 6.04 Å². The molecule has 1 saturated heterocycles. The maximum Gasteiger partial charge on any atom is 0.239 e. The molecule has 1 N–H and O–H groups in total. The average molecular weight is 236 g/mol. The Morgan fingerprint density at radius 2 is 2.12 bits per heavy atom. The van der Waals surface area contributed by atoms with Gasteiger partial charge in [0.2, 0.25) is 5.91 Å². The Labute approximate surface area is 101 Å². The first-order valence-corrected chi connectivity index (χ1v) is 5.91. The van der Waals surface area contributed by atoms with Gasteiger partial charge in [-0.1, -0.05) is 12.1 Å². The minimum atomic E-state index is -0.221. The third-order valence-corrected chi connectivity index (χ3v) is 3.23. The zero-order chi connectivity index (χ0) is 12.3. The Kier molecular flexibility index (Phi) is 3.74. The Balaban J connectivity index is 1.87. The van der Waals surface area contributed by atoms with Crippen molar-refractivity contribution in [1.82, 2.24) is 10.2 Å². The zero-order valence-corrected chi connectivity index (χ0v) is 9.95. The first kappa shape index (κ1) is 12.0. The summed E-state index contributed by atoms with van der Waals surface area (Å²) in [6, 6.07) is 6.43. The highest BCUT2D eigenvalue weighted by Gasteiger charge is 2.29. The van der Waals surface area contributed by atoms with Crippen LogP contribution in [0, 0.1) is 5.82 Å². The van der Waals surface area contributed by atoms with Crippen molar-refractivity contribution in [2.45, 2.75) is 18.9 Å². The highest BCUT2D eigenvalue weighted by molar-refractivity contribution is 5.83. The van der Waals surface area contributed by atoms with Crippen LogP contribution in [0.2, 0.25) is 0 Å². The van der Waals surface area contributed by atoms with Crippen LogP contribution in [-0.2, 0) is 11.2 Å². The molecule has 1 aromatic carbocycles. The van der Waals surface area contributed by atoms with Crippen LogP contribution in [0.4, 0.5) is 4.39 Å². The number of carbonyl (C=O) groups excluding carboxylic acids is 1. The van der Waals surface area contributed by atoms with Gasteiger partial charge in [0.15, 0.2) is 0 Å². The molecule has 17 heavy (non-hydrogen) atoms. The number of hydrogen-bond donors (Lipinski definition) is 1. The monoisotopic (exact) mass is 236 g/mol. The van der Waals surface area contributed by atoms with Gasteiger partial charge in [-0.2, -0.15) is 0 Å². The van der Waals surface area contributed by atoms with Crippen molar-refractivity contribution in [3.8, 4) is 0 Å². The predicted octanol–water partition coefficient (Wildman–Crippen LogP) is 1.19. The van der Waals surface area contributed by atoms with Gasteiger partial charge in [-0.25, -0.2) is 4.39 Å². The van der Waals surface area contributed by atoms with Gasteiger partial charge in [-0.15, -0.1) is 0 Å². The molecule has 1 aliphatic heterocycles. The third kappa shape index (κ3) is 2.82. The lowest BCUT2D eigenvalue weighted by atomic mass is 10.1. The van der Waals surface area contributed by atoms with Crippen molar-refractivity contribution in [3.05, 3.63) is 35.6 Å². The van der Waals surface area contributed by atoms with Crippen LogP contribution in [0.3, 0.4) is 0 Å². The van der Waals surface area contributed by atoms with Crippen LogP contribution >= 0.6 is 0 Å². The van der Waals surface area contributed by atoms with Crippen molar-refractivity contribution in [1.29, 1.82) is 0 Å². The first-order valence-electron chi connectivity index (χ1n) is 5.91. The normalized spacial score (nSPS) is 20.0. The molecule has 1 fully saturated rings. The summed E-state index contributed by atoms with van der Waals surface area (Å²) in [6.07, 6.45) is 1.65. The second-order valence-corrected chi connectivity index (χ2v) is 4.33. The number of rotatable bonds is 4. The SMILES string of the molecule is CNC1CCN(CCc2ccc(F)cc2)C1=O. The largest absolute Gasteiger partial charge is 0.341 e. The molecule has 0 radical (unpaired) electrons. The standard InChI is InChI=1S/C13H17FN2O/c1-15-12-7-9-16(13(12)17)8-6-10-2-4-11(14)5-3-10/h2-5,12,15H,6-9H2,1H3. The van der Waals surface area contributed by atoms with E-state index in [2.05, 4.69) is 5.32 Å². The molecule has 1 heterocycles. The van der Waals surface area contributed by atoms with E-state index in [1.165, 1.54) is 12.1 Å². The predicted molar refractivity (Wildman–Crippen MR) is 64.1 cm³/mol. The zero-order valence-electron chi connectivity index (χ0n) is 9.95. The van der Waals surface area contributed by atoms with Crippen LogP contribution in [0.25, 0.3) is 0 Å². The van der Waals surface area contributed by atoms with E-state index in [1.807, 2.05) is 11.9 Å². The number of amides is 1. The number of carbonyl (C=O) groups is 1. The van der Waals surface area contributed by atoms with E-state index in [0.29, 0.717) is 6.54 Å². The summed E-state index contributed by atoms with van der Waals surface area (Å²) in [4.78, 5) is 13.7. The topological polar surface area (TPSA) is 32.3 Å². The number of hydrogen-bond acceptors (Lipinski definition) is 2. The van der Waals surface area contributed by atoms with Crippen molar-refractivity contribution >= 4 is 5.91 Å². The number of benzene rings is 1. The molecular formula is C13H17FN2O. The van der Waals surface area contributed by atoms with E-state index in [4.69, 9.17) is 0 Å².